The van der Waals surface area contributed by atoms with Gasteiger partial charge in [-0.05, 0) is 37.9 Å². The first-order valence-corrected chi connectivity index (χ1v) is 7.91. The molecule has 2 rings (SSSR count). The Labute approximate surface area is 127 Å². The molecule has 0 aliphatic carbocycles. The predicted molar refractivity (Wildman–Crippen MR) is 85.7 cm³/mol. The molecule has 0 spiro atoms. The highest BCUT2D eigenvalue weighted by atomic mass is 16.5. The maximum absolute atomic E-state index is 12.1. The Hall–Kier alpha value is -1.55. The number of carbonyl (C=O) groups is 1. The highest BCUT2D eigenvalue weighted by molar-refractivity contribution is 5.91. The number of rotatable bonds is 6. The lowest BCUT2D eigenvalue weighted by molar-refractivity contribution is -0.116. The van der Waals surface area contributed by atoms with Crippen LogP contribution in [0.3, 0.4) is 0 Å². The summed E-state index contributed by atoms with van der Waals surface area (Å²) in [5, 5.41) is 2.94. The van der Waals surface area contributed by atoms with Gasteiger partial charge in [-0.2, -0.15) is 0 Å². The van der Waals surface area contributed by atoms with Crippen LogP contribution in [0, 0.1) is 0 Å². The van der Waals surface area contributed by atoms with Crippen molar-refractivity contribution in [2.24, 2.45) is 0 Å². The highest BCUT2D eigenvalue weighted by Crippen LogP contribution is 2.20. The van der Waals surface area contributed by atoms with Crippen molar-refractivity contribution in [2.45, 2.75) is 45.1 Å². The third-order valence-corrected chi connectivity index (χ3v) is 4.20. The summed E-state index contributed by atoms with van der Waals surface area (Å²) < 4.78 is 5.16. The van der Waals surface area contributed by atoms with Gasteiger partial charge >= 0.3 is 0 Å². The number of hydrogen-bond acceptors (Lipinski definition) is 3. The number of benzene rings is 1. The van der Waals surface area contributed by atoms with E-state index in [2.05, 4.69) is 17.1 Å². The number of piperidine rings is 1. The Bertz CT molecular complexity index is 462. The molecule has 0 saturated carbocycles. The monoisotopic (exact) mass is 290 g/mol. The van der Waals surface area contributed by atoms with Crippen LogP contribution in [0.15, 0.2) is 24.3 Å². The van der Waals surface area contributed by atoms with E-state index in [-0.39, 0.29) is 5.91 Å². The Kier molecular flexibility index (Phi) is 6.05. The molecule has 1 unspecified atom stereocenters. The van der Waals surface area contributed by atoms with Gasteiger partial charge in [0, 0.05) is 30.8 Å². The second-order valence-electron chi connectivity index (χ2n) is 5.62. The van der Waals surface area contributed by atoms with Gasteiger partial charge in [0.05, 0.1) is 7.11 Å². The molecule has 116 valence electrons. The standard InChI is InChI=1S/C17H26N2O2/c1-3-15-8-4-5-11-19(15)12-10-17(20)18-14-7-6-9-16(13-14)21-2/h6-7,9,13,15H,3-5,8,10-12H2,1-2H3,(H,18,20). The number of amides is 1. The number of nitrogens with one attached hydrogen (secondary N) is 1. The second kappa shape index (κ2) is 8.03. The van der Waals surface area contributed by atoms with E-state index in [1.807, 2.05) is 24.3 Å². The minimum absolute atomic E-state index is 0.0729. The van der Waals surface area contributed by atoms with Gasteiger partial charge < -0.3 is 10.1 Å². The summed E-state index contributed by atoms with van der Waals surface area (Å²) >= 11 is 0. The van der Waals surface area contributed by atoms with Gasteiger partial charge in [0.15, 0.2) is 0 Å². The van der Waals surface area contributed by atoms with Crippen LogP contribution in [0.2, 0.25) is 0 Å². The Morgan fingerprint density at radius 2 is 2.29 bits per heavy atom. The predicted octanol–water partition coefficient (Wildman–Crippen LogP) is 3.29. The second-order valence-corrected chi connectivity index (χ2v) is 5.62. The largest absolute Gasteiger partial charge is 0.497 e. The molecule has 1 amide bonds. The summed E-state index contributed by atoms with van der Waals surface area (Å²) in [7, 11) is 1.63. The van der Waals surface area contributed by atoms with E-state index in [9.17, 15) is 4.79 Å². The van der Waals surface area contributed by atoms with Crippen molar-refractivity contribution in [1.29, 1.82) is 0 Å². The number of methoxy groups -OCH3 is 1. The maximum Gasteiger partial charge on any atom is 0.225 e. The Morgan fingerprint density at radius 3 is 3.05 bits per heavy atom. The molecule has 0 bridgehead atoms. The molecule has 21 heavy (non-hydrogen) atoms. The fraction of sp³-hybridized carbons (Fsp3) is 0.588. The number of carbonyl (C=O) groups excluding carboxylic acids is 1. The summed E-state index contributed by atoms with van der Waals surface area (Å²) in [5.74, 6) is 0.832. The van der Waals surface area contributed by atoms with Crippen molar-refractivity contribution in [1.82, 2.24) is 4.90 Å². The molecule has 1 aromatic carbocycles. The van der Waals surface area contributed by atoms with Crippen LogP contribution in [-0.4, -0.2) is 37.0 Å². The number of likely N-dealkylation sites (tertiary alicyclic amines) is 1. The van der Waals surface area contributed by atoms with Gasteiger partial charge in [-0.25, -0.2) is 0 Å². The lowest BCUT2D eigenvalue weighted by Gasteiger charge is -2.35. The zero-order valence-electron chi connectivity index (χ0n) is 13.1. The van der Waals surface area contributed by atoms with Gasteiger partial charge in [0.25, 0.3) is 0 Å². The van der Waals surface area contributed by atoms with Crippen molar-refractivity contribution in [3.05, 3.63) is 24.3 Å². The first-order valence-electron chi connectivity index (χ1n) is 7.91. The first kappa shape index (κ1) is 15.8. The van der Waals surface area contributed by atoms with E-state index >= 15 is 0 Å². The molecule has 1 N–H and O–H groups in total. The first-order chi connectivity index (χ1) is 10.2. The van der Waals surface area contributed by atoms with Crippen LogP contribution >= 0.6 is 0 Å². The Morgan fingerprint density at radius 1 is 1.43 bits per heavy atom. The van der Waals surface area contributed by atoms with Crippen LogP contribution < -0.4 is 10.1 Å². The van der Waals surface area contributed by atoms with Crippen LogP contribution in [0.4, 0.5) is 5.69 Å². The summed E-state index contributed by atoms with van der Waals surface area (Å²) in [6, 6.07) is 8.13. The maximum atomic E-state index is 12.1. The van der Waals surface area contributed by atoms with E-state index < -0.39 is 0 Å². The van der Waals surface area contributed by atoms with Crippen LogP contribution in [0.5, 0.6) is 5.75 Å². The lowest BCUT2D eigenvalue weighted by Crippen LogP contribution is -2.40. The molecule has 0 radical (unpaired) electrons. The average molecular weight is 290 g/mol. The molecule has 4 nitrogen and oxygen atoms in total. The minimum Gasteiger partial charge on any atom is -0.497 e. The molecule has 1 aromatic rings. The van der Waals surface area contributed by atoms with Crippen molar-refractivity contribution in [3.8, 4) is 5.75 Å². The van der Waals surface area contributed by atoms with Crippen molar-refractivity contribution in [2.75, 3.05) is 25.5 Å². The number of hydrogen-bond donors (Lipinski definition) is 1. The summed E-state index contributed by atoms with van der Waals surface area (Å²) in [6.07, 6.45) is 5.58. The van der Waals surface area contributed by atoms with Crippen LogP contribution in [-0.2, 0) is 4.79 Å². The number of nitrogens with zero attached hydrogens (tertiary/aromatic N) is 1. The normalized spacial score (nSPS) is 19.2. The number of anilines is 1. The van der Waals surface area contributed by atoms with Crippen molar-refractivity contribution < 1.29 is 9.53 Å². The van der Waals surface area contributed by atoms with Crippen molar-refractivity contribution in [3.63, 3.8) is 0 Å². The van der Waals surface area contributed by atoms with E-state index in [1.54, 1.807) is 7.11 Å². The minimum atomic E-state index is 0.0729. The topological polar surface area (TPSA) is 41.6 Å². The van der Waals surface area contributed by atoms with Gasteiger partial charge in [-0.3, -0.25) is 9.69 Å². The molecule has 1 aliphatic heterocycles. The molecule has 4 heteroatoms. The molecule has 0 aromatic heterocycles. The SMILES string of the molecule is CCC1CCCCN1CCC(=O)Nc1cccc(OC)c1. The van der Waals surface area contributed by atoms with Crippen molar-refractivity contribution >= 4 is 11.6 Å². The van der Waals surface area contributed by atoms with E-state index in [1.165, 1.54) is 25.7 Å². The van der Waals surface area contributed by atoms with Gasteiger partial charge in [0.2, 0.25) is 5.91 Å². The Balaban J connectivity index is 1.81. The number of ether oxygens (including phenoxy) is 1. The summed E-state index contributed by atoms with van der Waals surface area (Å²) in [6.45, 7) is 4.22. The molecule has 1 aliphatic rings. The molecular weight excluding hydrogens is 264 g/mol. The average Bonchev–Trinajstić information content (AvgIpc) is 2.53. The molecule has 1 fully saturated rings. The lowest BCUT2D eigenvalue weighted by atomic mass is 10.00. The fourth-order valence-corrected chi connectivity index (χ4v) is 2.99. The van der Waals surface area contributed by atoms with E-state index in [0.717, 1.165) is 24.5 Å². The summed E-state index contributed by atoms with van der Waals surface area (Å²) in [4.78, 5) is 14.5. The van der Waals surface area contributed by atoms with Gasteiger partial charge in [-0.15, -0.1) is 0 Å². The van der Waals surface area contributed by atoms with Gasteiger partial charge in [0.1, 0.15) is 5.75 Å². The molecular formula is C17H26N2O2. The zero-order chi connectivity index (χ0) is 15.1. The fourth-order valence-electron chi connectivity index (χ4n) is 2.99. The van der Waals surface area contributed by atoms with Crippen LogP contribution in [0.25, 0.3) is 0 Å². The third kappa shape index (κ3) is 4.74. The smallest absolute Gasteiger partial charge is 0.225 e. The van der Waals surface area contributed by atoms with Crippen LogP contribution in [0.1, 0.15) is 39.0 Å². The van der Waals surface area contributed by atoms with E-state index in [4.69, 9.17) is 4.74 Å². The third-order valence-electron chi connectivity index (χ3n) is 4.20. The van der Waals surface area contributed by atoms with E-state index in [0.29, 0.717) is 12.5 Å². The van der Waals surface area contributed by atoms with Gasteiger partial charge in [-0.1, -0.05) is 19.4 Å². The molecule has 1 saturated heterocycles. The zero-order valence-corrected chi connectivity index (χ0v) is 13.1. The highest BCUT2D eigenvalue weighted by Gasteiger charge is 2.20. The summed E-state index contributed by atoms with van der Waals surface area (Å²) in [5.41, 5.74) is 0.796. The molecule has 1 atom stereocenters. The molecule has 1 heterocycles. The quantitative estimate of drug-likeness (QED) is 0.874.